The van der Waals surface area contributed by atoms with Crippen LogP contribution in [0.3, 0.4) is 0 Å². The van der Waals surface area contributed by atoms with E-state index in [1.807, 2.05) is 12.1 Å². The number of hydrogen-bond acceptors (Lipinski definition) is 4. The average molecular weight is 445 g/mol. The van der Waals surface area contributed by atoms with Gasteiger partial charge in [-0.2, -0.15) is 0 Å². The molecule has 6 nitrogen and oxygen atoms in total. The van der Waals surface area contributed by atoms with Gasteiger partial charge in [-0.15, -0.1) is 0 Å². The van der Waals surface area contributed by atoms with Crippen molar-refractivity contribution in [2.24, 2.45) is 0 Å². The maximum absolute atomic E-state index is 11.2. The van der Waals surface area contributed by atoms with Crippen molar-refractivity contribution in [2.75, 3.05) is 26.2 Å². The van der Waals surface area contributed by atoms with Crippen molar-refractivity contribution < 1.29 is 19.7 Å². The third-order valence-electron chi connectivity index (χ3n) is 6.59. The number of benzene rings is 3. The summed E-state index contributed by atoms with van der Waals surface area (Å²) in [4.78, 5) is 16.4. The van der Waals surface area contributed by atoms with Crippen molar-refractivity contribution in [3.8, 4) is 5.75 Å². The first-order chi connectivity index (χ1) is 16.1. The Morgan fingerprint density at radius 3 is 2.61 bits per heavy atom. The van der Waals surface area contributed by atoms with Gasteiger partial charge in [-0.3, -0.25) is 0 Å². The highest BCUT2D eigenvalue weighted by Crippen LogP contribution is 2.30. The number of β-amino-alcohol motifs (C(OH)–C–C–N with tert-alkyl or cyclic N) is 1. The number of aromatic carboxylic acids is 1. The van der Waals surface area contributed by atoms with Crippen LogP contribution in [0.5, 0.6) is 5.75 Å². The summed E-state index contributed by atoms with van der Waals surface area (Å²) in [6.45, 7) is 2.62. The molecule has 2 heterocycles. The van der Waals surface area contributed by atoms with Crippen molar-refractivity contribution >= 4 is 27.6 Å². The molecule has 6 heteroatoms. The van der Waals surface area contributed by atoms with E-state index in [-0.39, 0.29) is 12.3 Å². The largest absolute Gasteiger partial charge is 0.490 e. The number of carboxylic acid groups (broad SMARTS) is 1. The summed E-state index contributed by atoms with van der Waals surface area (Å²) in [6, 6.07) is 22.2. The van der Waals surface area contributed by atoms with Gasteiger partial charge in [0, 0.05) is 17.4 Å². The molecule has 1 atom stereocenters. The number of piperidine rings is 1. The molecule has 3 aromatic carbocycles. The van der Waals surface area contributed by atoms with Gasteiger partial charge in [-0.05, 0) is 66.4 Å². The predicted molar refractivity (Wildman–Crippen MR) is 129 cm³/mol. The number of aromatic amines is 1. The summed E-state index contributed by atoms with van der Waals surface area (Å²) in [5.41, 5.74) is 2.23. The molecule has 1 fully saturated rings. The standard InChI is InChI=1S/C27H28N2O4/c30-22(17-33-26-7-3-6-24-23(26)15-25(28-24)27(31)32)16-29-12-10-19(11-13-29)21-9-8-18-4-1-2-5-20(18)14-21/h1-9,14-15,19,22,28,30H,10-13,16-17H2,(H,31,32). The second-order valence-electron chi connectivity index (χ2n) is 8.85. The molecule has 4 aromatic rings. The van der Waals surface area contributed by atoms with Crippen LogP contribution >= 0.6 is 0 Å². The summed E-state index contributed by atoms with van der Waals surface area (Å²) in [7, 11) is 0. The van der Waals surface area contributed by atoms with Crippen LogP contribution in [0.25, 0.3) is 21.7 Å². The first kappa shape index (κ1) is 21.5. The average Bonchev–Trinajstić information content (AvgIpc) is 3.28. The number of ether oxygens (including phenoxy) is 1. The number of carbonyl (C=O) groups is 1. The van der Waals surface area contributed by atoms with Gasteiger partial charge in [0.25, 0.3) is 0 Å². The molecule has 33 heavy (non-hydrogen) atoms. The van der Waals surface area contributed by atoms with Crippen LogP contribution in [0, 0.1) is 0 Å². The molecule has 0 amide bonds. The van der Waals surface area contributed by atoms with E-state index in [0.717, 1.165) is 25.9 Å². The topological polar surface area (TPSA) is 85.8 Å². The number of carboxylic acids is 1. The zero-order chi connectivity index (χ0) is 22.8. The summed E-state index contributed by atoms with van der Waals surface area (Å²) in [6.07, 6.45) is 1.54. The Kier molecular flexibility index (Phi) is 6.03. The Balaban J connectivity index is 1.14. The molecule has 0 radical (unpaired) electrons. The molecule has 1 aromatic heterocycles. The van der Waals surface area contributed by atoms with Crippen LogP contribution in [-0.2, 0) is 0 Å². The van der Waals surface area contributed by atoms with Gasteiger partial charge in [0.05, 0.1) is 0 Å². The van der Waals surface area contributed by atoms with Crippen molar-refractivity contribution in [3.05, 3.63) is 78.0 Å². The normalized spacial score (nSPS) is 16.3. The fraction of sp³-hybridized carbons (Fsp3) is 0.296. The third kappa shape index (κ3) is 4.72. The zero-order valence-electron chi connectivity index (χ0n) is 18.4. The first-order valence-electron chi connectivity index (χ1n) is 11.4. The van der Waals surface area contributed by atoms with Gasteiger partial charge in [0.1, 0.15) is 24.2 Å². The fourth-order valence-corrected chi connectivity index (χ4v) is 4.82. The monoisotopic (exact) mass is 444 g/mol. The molecule has 5 rings (SSSR count). The van der Waals surface area contributed by atoms with Crippen LogP contribution in [0.4, 0.5) is 0 Å². The number of nitrogens with zero attached hydrogens (tertiary/aromatic N) is 1. The molecule has 3 N–H and O–H groups in total. The van der Waals surface area contributed by atoms with E-state index in [1.165, 1.54) is 16.3 Å². The molecule has 0 bridgehead atoms. The number of hydrogen-bond donors (Lipinski definition) is 3. The molecule has 1 aliphatic heterocycles. The molecule has 1 saturated heterocycles. The van der Waals surface area contributed by atoms with Gasteiger partial charge in [0.2, 0.25) is 0 Å². The Morgan fingerprint density at radius 2 is 1.82 bits per heavy atom. The van der Waals surface area contributed by atoms with Crippen molar-refractivity contribution in [1.82, 2.24) is 9.88 Å². The molecule has 170 valence electrons. The number of aliphatic hydroxyl groups excluding tert-OH is 1. The van der Waals surface area contributed by atoms with Crippen LogP contribution in [0.15, 0.2) is 66.7 Å². The Labute approximate surface area is 192 Å². The highest BCUT2D eigenvalue weighted by molar-refractivity contribution is 5.96. The number of H-pyrrole nitrogens is 1. The van der Waals surface area contributed by atoms with Crippen molar-refractivity contribution in [1.29, 1.82) is 0 Å². The minimum Gasteiger partial charge on any atom is -0.490 e. The number of fused-ring (bicyclic) bond motifs is 2. The van der Waals surface area contributed by atoms with E-state index in [0.29, 0.717) is 29.1 Å². The molecule has 1 aliphatic rings. The Hall–Kier alpha value is -3.35. The van der Waals surface area contributed by atoms with E-state index in [4.69, 9.17) is 4.74 Å². The number of aromatic nitrogens is 1. The minimum atomic E-state index is -1.01. The van der Waals surface area contributed by atoms with Crippen LogP contribution in [0.2, 0.25) is 0 Å². The number of likely N-dealkylation sites (tertiary alicyclic amines) is 1. The van der Waals surface area contributed by atoms with Gasteiger partial charge < -0.3 is 24.8 Å². The van der Waals surface area contributed by atoms with E-state index in [1.54, 1.807) is 12.1 Å². The Bertz CT molecular complexity index is 1270. The maximum atomic E-state index is 11.2. The molecule has 0 aliphatic carbocycles. The molecule has 0 spiro atoms. The lowest BCUT2D eigenvalue weighted by Crippen LogP contribution is -2.40. The summed E-state index contributed by atoms with van der Waals surface area (Å²) >= 11 is 0. The van der Waals surface area contributed by atoms with Crippen molar-refractivity contribution in [3.63, 3.8) is 0 Å². The van der Waals surface area contributed by atoms with Crippen molar-refractivity contribution in [2.45, 2.75) is 24.9 Å². The van der Waals surface area contributed by atoms with Gasteiger partial charge in [-0.1, -0.05) is 48.5 Å². The lowest BCUT2D eigenvalue weighted by atomic mass is 9.88. The fourth-order valence-electron chi connectivity index (χ4n) is 4.82. The predicted octanol–water partition coefficient (Wildman–Crippen LogP) is 4.64. The van der Waals surface area contributed by atoms with E-state index in [9.17, 15) is 15.0 Å². The number of rotatable bonds is 7. The van der Waals surface area contributed by atoms with E-state index >= 15 is 0 Å². The third-order valence-corrected chi connectivity index (χ3v) is 6.59. The van der Waals surface area contributed by atoms with Crippen LogP contribution in [-0.4, -0.2) is 58.4 Å². The number of aliphatic hydroxyl groups is 1. The zero-order valence-corrected chi connectivity index (χ0v) is 18.4. The summed E-state index contributed by atoms with van der Waals surface area (Å²) in [5.74, 6) is 0.114. The van der Waals surface area contributed by atoms with Gasteiger partial charge >= 0.3 is 5.97 Å². The van der Waals surface area contributed by atoms with Gasteiger partial charge in [0.15, 0.2) is 0 Å². The smallest absolute Gasteiger partial charge is 0.352 e. The lowest BCUT2D eigenvalue weighted by Gasteiger charge is -2.33. The lowest BCUT2D eigenvalue weighted by molar-refractivity contribution is 0.0599. The highest BCUT2D eigenvalue weighted by atomic mass is 16.5. The van der Waals surface area contributed by atoms with Crippen LogP contribution in [0.1, 0.15) is 34.8 Å². The minimum absolute atomic E-state index is 0.121. The van der Waals surface area contributed by atoms with Gasteiger partial charge in [-0.25, -0.2) is 4.79 Å². The van der Waals surface area contributed by atoms with E-state index < -0.39 is 12.1 Å². The first-order valence-corrected chi connectivity index (χ1v) is 11.4. The molecule has 1 unspecified atom stereocenters. The number of nitrogens with one attached hydrogen (secondary N) is 1. The second kappa shape index (κ2) is 9.25. The second-order valence-corrected chi connectivity index (χ2v) is 8.85. The molecule has 0 saturated carbocycles. The molecular formula is C27H28N2O4. The quantitative estimate of drug-likeness (QED) is 0.387. The van der Waals surface area contributed by atoms with Crippen LogP contribution < -0.4 is 4.74 Å². The summed E-state index contributed by atoms with van der Waals surface area (Å²) < 4.78 is 5.86. The Morgan fingerprint density at radius 1 is 1.03 bits per heavy atom. The maximum Gasteiger partial charge on any atom is 0.352 e. The SMILES string of the molecule is O=C(O)c1cc2c(OCC(O)CN3CCC(c4ccc5ccccc5c4)CC3)cccc2[nH]1. The van der Waals surface area contributed by atoms with E-state index in [2.05, 4.69) is 52.3 Å². The molecular weight excluding hydrogens is 416 g/mol. The summed E-state index contributed by atoms with van der Waals surface area (Å²) in [5, 5.41) is 23.0. The highest BCUT2D eigenvalue weighted by Gasteiger charge is 2.23.